The minimum atomic E-state index is 0.488. The van der Waals surface area contributed by atoms with Crippen molar-refractivity contribution in [1.29, 1.82) is 0 Å². The van der Waals surface area contributed by atoms with Crippen LogP contribution >= 0.6 is 11.6 Å². The summed E-state index contributed by atoms with van der Waals surface area (Å²) in [5.74, 6) is 2.34. The van der Waals surface area contributed by atoms with Gasteiger partial charge in [0.25, 0.3) is 0 Å². The number of hydrogen-bond donors (Lipinski definition) is 1. The number of rotatable bonds is 5. The second-order valence-electron chi connectivity index (χ2n) is 4.66. The fraction of sp³-hybridized carbons (Fsp3) is 0.571. The Hall–Kier alpha value is -0.730. The van der Waals surface area contributed by atoms with Crippen molar-refractivity contribution in [2.45, 2.75) is 31.7 Å². The van der Waals surface area contributed by atoms with Crippen LogP contribution in [0, 0.1) is 0 Å². The topological polar surface area (TPSA) is 21.3 Å². The number of ether oxygens (including phenoxy) is 1. The highest BCUT2D eigenvalue weighted by Gasteiger charge is 2.20. The molecule has 0 spiro atoms. The van der Waals surface area contributed by atoms with Crippen molar-refractivity contribution in [1.82, 2.24) is 5.32 Å². The highest BCUT2D eigenvalue weighted by Crippen LogP contribution is 2.32. The number of halogens is 1. The quantitative estimate of drug-likeness (QED) is 0.814. The Balaban J connectivity index is 1.94. The Morgan fingerprint density at radius 3 is 3.12 bits per heavy atom. The molecule has 1 N–H and O–H groups in total. The lowest BCUT2D eigenvalue weighted by atomic mass is 9.93. The fourth-order valence-electron chi connectivity index (χ4n) is 2.24. The van der Waals surface area contributed by atoms with Crippen LogP contribution in [-0.2, 0) is 0 Å². The molecule has 0 aromatic heterocycles. The number of benzene rings is 1. The molecule has 1 aliphatic heterocycles. The zero-order valence-electron chi connectivity index (χ0n) is 10.3. The van der Waals surface area contributed by atoms with Gasteiger partial charge in [-0.25, -0.2) is 0 Å². The molecule has 0 aliphatic carbocycles. The van der Waals surface area contributed by atoms with Gasteiger partial charge in [0.2, 0.25) is 0 Å². The molecule has 0 bridgehead atoms. The van der Waals surface area contributed by atoms with E-state index in [0.29, 0.717) is 12.0 Å². The van der Waals surface area contributed by atoms with E-state index in [2.05, 4.69) is 30.4 Å². The maximum absolute atomic E-state index is 5.74. The lowest BCUT2D eigenvalue weighted by Crippen LogP contribution is -2.32. The molecule has 3 heteroatoms. The summed E-state index contributed by atoms with van der Waals surface area (Å²) < 4.78 is 5.66. The third kappa shape index (κ3) is 3.36. The van der Waals surface area contributed by atoms with E-state index in [0.717, 1.165) is 37.6 Å². The number of hydrogen-bond acceptors (Lipinski definition) is 2. The predicted molar refractivity (Wildman–Crippen MR) is 72.1 cm³/mol. The van der Waals surface area contributed by atoms with Crippen molar-refractivity contribution in [2.75, 3.05) is 19.0 Å². The summed E-state index contributed by atoms with van der Waals surface area (Å²) in [6, 6.07) is 8.84. The third-order valence-corrected chi connectivity index (χ3v) is 3.56. The average molecular weight is 254 g/mol. The van der Waals surface area contributed by atoms with Crippen molar-refractivity contribution in [3.8, 4) is 5.75 Å². The number of para-hydroxylation sites is 1. The molecule has 1 aliphatic rings. The molecule has 2 rings (SSSR count). The molecular weight excluding hydrogens is 234 g/mol. The number of nitrogens with one attached hydrogen (secondary N) is 1. The Morgan fingerprint density at radius 1 is 1.47 bits per heavy atom. The minimum Gasteiger partial charge on any atom is -0.493 e. The lowest BCUT2D eigenvalue weighted by Gasteiger charge is -2.27. The van der Waals surface area contributed by atoms with Gasteiger partial charge < -0.3 is 10.1 Å². The molecule has 0 fully saturated rings. The summed E-state index contributed by atoms with van der Waals surface area (Å²) in [6.07, 6.45) is 2.12. The molecule has 0 saturated heterocycles. The van der Waals surface area contributed by atoms with E-state index in [-0.39, 0.29) is 0 Å². The van der Waals surface area contributed by atoms with E-state index in [1.165, 1.54) is 5.56 Å². The van der Waals surface area contributed by atoms with Gasteiger partial charge in [-0.1, -0.05) is 18.2 Å². The molecule has 2 unspecified atom stereocenters. The maximum atomic E-state index is 5.74. The fourth-order valence-corrected chi connectivity index (χ4v) is 2.56. The second-order valence-corrected chi connectivity index (χ2v) is 5.04. The average Bonchev–Trinajstić information content (AvgIpc) is 2.36. The molecule has 2 atom stereocenters. The van der Waals surface area contributed by atoms with Crippen molar-refractivity contribution < 1.29 is 4.74 Å². The van der Waals surface area contributed by atoms with E-state index in [1.807, 2.05) is 6.07 Å². The maximum Gasteiger partial charge on any atom is 0.122 e. The van der Waals surface area contributed by atoms with Crippen LogP contribution in [0.5, 0.6) is 5.75 Å². The SMILES string of the molecule is CC(CCCl)NCC1CCOc2ccccc21. The van der Waals surface area contributed by atoms with Crippen LogP contribution in [0.1, 0.15) is 31.2 Å². The first-order valence-corrected chi connectivity index (χ1v) is 6.85. The van der Waals surface area contributed by atoms with Gasteiger partial charge in [0.05, 0.1) is 6.61 Å². The van der Waals surface area contributed by atoms with Crippen molar-refractivity contribution >= 4 is 11.6 Å². The molecule has 2 nitrogen and oxygen atoms in total. The molecule has 0 amide bonds. The van der Waals surface area contributed by atoms with Crippen LogP contribution in [0.4, 0.5) is 0 Å². The molecule has 94 valence electrons. The summed E-state index contributed by atoms with van der Waals surface area (Å²) in [5, 5.41) is 3.55. The van der Waals surface area contributed by atoms with Crippen molar-refractivity contribution in [2.24, 2.45) is 0 Å². The van der Waals surface area contributed by atoms with Crippen LogP contribution in [0.25, 0.3) is 0 Å². The molecule has 0 radical (unpaired) electrons. The van der Waals surface area contributed by atoms with Crippen LogP contribution < -0.4 is 10.1 Å². The highest BCUT2D eigenvalue weighted by molar-refractivity contribution is 6.17. The Bertz CT molecular complexity index is 356. The van der Waals surface area contributed by atoms with Crippen LogP contribution in [-0.4, -0.2) is 25.1 Å². The molecule has 0 saturated carbocycles. The summed E-state index contributed by atoms with van der Waals surface area (Å²) in [4.78, 5) is 0. The van der Waals surface area contributed by atoms with E-state index in [1.54, 1.807) is 0 Å². The Kier molecular flexibility index (Phi) is 4.69. The molecule has 1 aromatic rings. The van der Waals surface area contributed by atoms with Crippen molar-refractivity contribution in [3.63, 3.8) is 0 Å². The van der Waals surface area contributed by atoms with Gasteiger partial charge >= 0.3 is 0 Å². The van der Waals surface area contributed by atoms with Crippen molar-refractivity contribution in [3.05, 3.63) is 29.8 Å². The number of fused-ring (bicyclic) bond motifs is 1. The van der Waals surface area contributed by atoms with Gasteiger partial charge in [0.1, 0.15) is 5.75 Å². The van der Waals surface area contributed by atoms with Gasteiger partial charge in [-0.2, -0.15) is 0 Å². The lowest BCUT2D eigenvalue weighted by molar-refractivity contribution is 0.262. The zero-order chi connectivity index (χ0) is 12.1. The van der Waals surface area contributed by atoms with E-state index in [4.69, 9.17) is 16.3 Å². The summed E-state index contributed by atoms with van der Waals surface area (Å²) in [5.41, 5.74) is 1.34. The van der Waals surface area contributed by atoms with Gasteiger partial charge in [-0.3, -0.25) is 0 Å². The van der Waals surface area contributed by atoms with Crippen LogP contribution in [0.2, 0.25) is 0 Å². The third-order valence-electron chi connectivity index (χ3n) is 3.34. The van der Waals surface area contributed by atoms with Gasteiger partial charge in [0.15, 0.2) is 0 Å². The largest absolute Gasteiger partial charge is 0.493 e. The monoisotopic (exact) mass is 253 g/mol. The molecule has 1 heterocycles. The summed E-state index contributed by atoms with van der Waals surface area (Å²) in [7, 11) is 0. The van der Waals surface area contributed by atoms with Crippen LogP contribution in [0.15, 0.2) is 24.3 Å². The number of alkyl halides is 1. The van der Waals surface area contributed by atoms with Gasteiger partial charge in [-0.05, 0) is 31.4 Å². The van der Waals surface area contributed by atoms with Crippen LogP contribution in [0.3, 0.4) is 0 Å². The first-order chi connectivity index (χ1) is 8.31. The first-order valence-electron chi connectivity index (χ1n) is 6.32. The van der Waals surface area contributed by atoms with E-state index < -0.39 is 0 Å². The first kappa shape index (κ1) is 12.7. The van der Waals surface area contributed by atoms with E-state index >= 15 is 0 Å². The zero-order valence-corrected chi connectivity index (χ0v) is 11.0. The highest BCUT2D eigenvalue weighted by atomic mass is 35.5. The Labute approximate surface area is 108 Å². The second kappa shape index (κ2) is 6.27. The predicted octanol–water partition coefficient (Wildman–Crippen LogP) is 3.16. The molecule has 1 aromatic carbocycles. The standard InChI is InChI=1S/C14H20ClNO/c1-11(6-8-15)16-10-12-7-9-17-14-5-3-2-4-13(12)14/h2-5,11-12,16H,6-10H2,1H3. The summed E-state index contributed by atoms with van der Waals surface area (Å²) >= 11 is 5.74. The normalized spacial score (nSPS) is 20.5. The van der Waals surface area contributed by atoms with Gasteiger partial charge in [-0.15, -0.1) is 11.6 Å². The minimum absolute atomic E-state index is 0.488. The van der Waals surface area contributed by atoms with Gasteiger partial charge in [0, 0.05) is 24.4 Å². The smallest absolute Gasteiger partial charge is 0.122 e. The molecule has 17 heavy (non-hydrogen) atoms. The summed E-state index contributed by atoms with van der Waals surface area (Å²) in [6.45, 7) is 4.03. The van der Waals surface area contributed by atoms with E-state index in [9.17, 15) is 0 Å². The Morgan fingerprint density at radius 2 is 2.29 bits per heavy atom. The molecular formula is C14H20ClNO.